The van der Waals surface area contributed by atoms with E-state index < -0.39 is 0 Å². The molecular weight excluding hydrogens is 381 g/mol. The lowest BCUT2D eigenvalue weighted by molar-refractivity contribution is -0.121. The van der Waals surface area contributed by atoms with Gasteiger partial charge < -0.3 is 10.1 Å². The fourth-order valence-electron chi connectivity index (χ4n) is 2.46. The second-order valence-corrected chi connectivity index (χ2v) is 6.85. The van der Waals surface area contributed by atoms with Crippen LogP contribution in [0.1, 0.15) is 5.56 Å². The number of methoxy groups -OCH3 is 1. The number of nitrogens with zero attached hydrogens (tertiary/aromatic N) is 2. The molecule has 0 radical (unpaired) electrons. The number of carbonyl (C=O) groups excluding carboxylic acids is 2. The van der Waals surface area contributed by atoms with Crippen LogP contribution >= 0.6 is 11.8 Å². The molecule has 0 aliphatic carbocycles. The monoisotopic (exact) mass is 399 g/mol. The molecule has 0 saturated carbocycles. The van der Waals surface area contributed by atoms with E-state index in [1.165, 1.54) is 23.1 Å². The summed E-state index contributed by atoms with van der Waals surface area (Å²) in [4.78, 5) is 30.1. The van der Waals surface area contributed by atoms with Gasteiger partial charge in [0.25, 0.3) is 5.91 Å². The Morgan fingerprint density at radius 3 is 2.71 bits per heavy atom. The predicted molar refractivity (Wildman–Crippen MR) is 109 cm³/mol. The number of carbonyl (C=O) groups is 2. The van der Waals surface area contributed by atoms with Gasteiger partial charge in [0.05, 0.1) is 12.9 Å². The van der Waals surface area contributed by atoms with Gasteiger partial charge in [-0.15, -0.1) is 0 Å². The minimum atomic E-state index is -0.387. The van der Waals surface area contributed by atoms with Gasteiger partial charge in [0.2, 0.25) is 5.91 Å². The highest BCUT2D eigenvalue weighted by atomic mass is 32.2. The molecule has 8 heteroatoms. The van der Waals surface area contributed by atoms with Crippen molar-refractivity contribution in [1.82, 2.24) is 4.90 Å². The number of thioether (sulfide) groups is 1. The van der Waals surface area contributed by atoms with Crippen LogP contribution in [0.4, 0.5) is 10.1 Å². The minimum absolute atomic E-state index is 0.0930. The van der Waals surface area contributed by atoms with E-state index in [9.17, 15) is 14.0 Å². The average molecular weight is 399 g/mol. The first-order valence-corrected chi connectivity index (χ1v) is 9.35. The van der Waals surface area contributed by atoms with Crippen LogP contribution in [-0.4, -0.2) is 41.8 Å². The molecular formula is C20H18FN3O3S. The molecule has 2 aromatic rings. The molecule has 0 atom stereocenters. The summed E-state index contributed by atoms with van der Waals surface area (Å²) >= 11 is 1.15. The Labute approximate surface area is 166 Å². The maximum atomic E-state index is 13.3. The van der Waals surface area contributed by atoms with Crippen LogP contribution in [0.15, 0.2) is 59.2 Å². The van der Waals surface area contributed by atoms with E-state index in [0.717, 1.165) is 11.8 Å². The van der Waals surface area contributed by atoms with Gasteiger partial charge >= 0.3 is 0 Å². The van der Waals surface area contributed by atoms with Crippen LogP contribution in [0, 0.1) is 5.82 Å². The molecule has 3 rings (SSSR count). The molecule has 0 fully saturated rings. The summed E-state index contributed by atoms with van der Waals surface area (Å²) in [5.74, 6) is -0.119. The van der Waals surface area contributed by atoms with E-state index in [1.54, 1.807) is 50.6 Å². The molecule has 28 heavy (non-hydrogen) atoms. The number of hydrogen-bond donors (Lipinski definition) is 1. The molecule has 6 nitrogen and oxygen atoms in total. The highest BCUT2D eigenvalue weighted by molar-refractivity contribution is 8.14. The van der Waals surface area contributed by atoms with Crippen molar-refractivity contribution in [3.05, 3.63) is 65.6 Å². The molecule has 0 saturated heterocycles. The fourth-order valence-corrected chi connectivity index (χ4v) is 3.24. The summed E-state index contributed by atoms with van der Waals surface area (Å²) in [6.07, 6.45) is 1.52. The average Bonchev–Trinajstić information content (AvgIpc) is 2.95. The molecule has 1 heterocycles. The highest BCUT2D eigenvalue weighted by Gasteiger charge is 2.27. The fraction of sp³-hybridized carbons (Fsp3) is 0.150. The SMILES string of the molecule is COc1ccc(NC(=O)CSC2=NC(=Cc3cccc(F)c3)C(=O)N2C)cc1. The Kier molecular flexibility index (Phi) is 6.10. The van der Waals surface area contributed by atoms with Crippen LogP contribution < -0.4 is 10.1 Å². The third kappa shape index (κ3) is 4.77. The first kappa shape index (κ1) is 19.6. The lowest BCUT2D eigenvalue weighted by atomic mass is 10.2. The number of likely N-dealkylation sites (N-methyl/N-ethyl adjacent to an activating group) is 1. The molecule has 1 aliphatic heterocycles. The number of anilines is 1. The van der Waals surface area contributed by atoms with E-state index >= 15 is 0 Å². The number of halogens is 1. The molecule has 1 N–H and O–H groups in total. The summed E-state index contributed by atoms with van der Waals surface area (Å²) in [5, 5.41) is 3.18. The van der Waals surface area contributed by atoms with Gasteiger partial charge in [-0.3, -0.25) is 14.5 Å². The predicted octanol–water partition coefficient (Wildman–Crippen LogP) is 3.38. The van der Waals surface area contributed by atoms with Gasteiger partial charge in [0, 0.05) is 12.7 Å². The molecule has 2 amide bonds. The van der Waals surface area contributed by atoms with Gasteiger partial charge in [0.15, 0.2) is 5.17 Å². The number of ether oxygens (including phenoxy) is 1. The maximum absolute atomic E-state index is 13.3. The standard InChI is InChI=1S/C20H18FN3O3S/c1-24-19(26)17(11-13-4-3-5-14(21)10-13)23-20(24)28-12-18(25)22-15-6-8-16(27-2)9-7-15/h3-11H,12H2,1-2H3,(H,22,25). The van der Waals surface area contributed by atoms with Crippen LogP contribution in [-0.2, 0) is 9.59 Å². The number of amides is 2. The van der Waals surface area contributed by atoms with Crippen LogP contribution in [0.3, 0.4) is 0 Å². The number of aliphatic imine (C=N–C) groups is 1. The Bertz CT molecular complexity index is 957. The first-order valence-electron chi connectivity index (χ1n) is 8.37. The lowest BCUT2D eigenvalue weighted by Gasteiger charge is -2.11. The van der Waals surface area contributed by atoms with Gasteiger partial charge in [-0.05, 0) is 48.0 Å². The van der Waals surface area contributed by atoms with Crippen molar-refractivity contribution in [2.75, 3.05) is 25.2 Å². The van der Waals surface area contributed by atoms with Crippen molar-refractivity contribution in [3.63, 3.8) is 0 Å². The Balaban J connectivity index is 1.62. The molecule has 0 aromatic heterocycles. The molecule has 0 unspecified atom stereocenters. The molecule has 2 aromatic carbocycles. The van der Waals surface area contributed by atoms with Crippen LogP contribution in [0.2, 0.25) is 0 Å². The minimum Gasteiger partial charge on any atom is -0.497 e. The van der Waals surface area contributed by atoms with Crippen LogP contribution in [0.5, 0.6) is 5.75 Å². The zero-order valence-corrected chi connectivity index (χ0v) is 16.1. The second kappa shape index (κ2) is 8.71. The summed E-state index contributed by atoms with van der Waals surface area (Å²) in [5.41, 5.74) is 1.39. The molecule has 0 spiro atoms. The van der Waals surface area contributed by atoms with E-state index in [-0.39, 0.29) is 29.1 Å². The zero-order chi connectivity index (χ0) is 20.1. The topological polar surface area (TPSA) is 71.0 Å². The summed E-state index contributed by atoms with van der Waals surface area (Å²) in [6.45, 7) is 0. The van der Waals surface area contributed by atoms with Gasteiger partial charge in [-0.25, -0.2) is 9.38 Å². The van der Waals surface area contributed by atoms with Gasteiger partial charge in [0.1, 0.15) is 17.3 Å². The van der Waals surface area contributed by atoms with E-state index in [0.29, 0.717) is 22.2 Å². The van der Waals surface area contributed by atoms with Gasteiger partial charge in [-0.2, -0.15) is 0 Å². The lowest BCUT2D eigenvalue weighted by Crippen LogP contribution is -2.27. The van der Waals surface area contributed by atoms with E-state index in [4.69, 9.17) is 4.74 Å². The molecule has 144 valence electrons. The van der Waals surface area contributed by atoms with Crippen molar-refractivity contribution in [2.45, 2.75) is 0 Å². The summed E-state index contributed by atoms with van der Waals surface area (Å²) in [6, 6.07) is 12.9. The first-order chi connectivity index (χ1) is 13.5. The smallest absolute Gasteiger partial charge is 0.278 e. The van der Waals surface area contributed by atoms with E-state index in [2.05, 4.69) is 10.3 Å². The number of amidine groups is 1. The summed E-state index contributed by atoms with van der Waals surface area (Å²) < 4.78 is 18.4. The van der Waals surface area contributed by atoms with E-state index in [1.807, 2.05) is 0 Å². The van der Waals surface area contributed by atoms with Crippen molar-refractivity contribution < 1.29 is 18.7 Å². The van der Waals surface area contributed by atoms with Crippen molar-refractivity contribution in [2.24, 2.45) is 4.99 Å². The number of hydrogen-bond acceptors (Lipinski definition) is 5. The maximum Gasteiger partial charge on any atom is 0.278 e. The Morgan fingerprint density at radius 2 is 2.04 bits per heavy atom. The highest BCUT2D eigenvalue weighted by Crippen LogP contribution is 2.23. The summed E-state index contributed by atoms with van der Waals surface area (Å²) in [7, 11) is 3.16. The second-order valence-electron chi connectivity index (χ2n) is 5.91. The van der Waals surface area contributed by atoms with Crippen molar-refractivity contribution in [3.8, 4) is 5.75 Å². The quantitative estimate of drug-likeness (QED) is 0.783. The zero-order valence-electron chi connectivity index (χ0n) is 15.3. The number of rotatable bonds is 5. The largest absolute Gasteiger partial charge is 0.497 e. The third-order valence-corrected chi connectivity index (χ3v) is 4.91. The number of nitrogens with one attached hydrogen (secondary N) is 1. The van der Waals surface area contributed by atoms with Crippen LogP contribution in [0.25, 0.3) is 6.08 Å². The Morgan fingerprint density at radius 1 is 1.29 bits per heavy atom. The third-order valence-electron chi connectivity index (χ3n) is 3.88. The van der Waals surface area contributed by atoms with Crippen molar-refractivity contribution in [1.29, 1.82) is 0 Å². The normalized spacial score (nSPS) is 15.0. The number of benzene rings is 2. The molecule has 1 aliphatic rings. The molecule has 0 bridgehead atoms. The van der Waals surface area contributed by atoms with Crippen molar-refractivity contribution >= 4 is 40.5 Å². The van der Waals surface area contributed by atoms with Gasteiger partial charge in [-0.1, -0.05) is 23.9 Å². The Hall–Kier alpha value is -3.13.